The molecule has 3 amide bonds. The summed E-state index contributed by atoms with van der Waals surface area (Å²) in [7, 11) is 0. The number of imide groups is 1. The van der Waals surface area contributed by atoms with E-state index in [-0.39, 0.29) is 58.0 Å². The van der Waals surface area contributed by atoms with Gasteiger partial charge in [-0.2, -0.15) is 0 Å². The van der Waals surface area contributed by atoms with Crippen LogP contribution in [0.5, 0.6) is 0 Å². The number of halogens is 1. The highest BCUT2D eigenvalue weighted by atomic mass is 32.2. The fourth-order valence-electron chi connectivity index (χ4n) is 7.34. The molecule has 7 rings (SSSR count). The van der Waals surface area contributed by atoms with Crippen molar-refractivity contribution in [2.24, 2.45) is 29.6 Å². The number of aromatic nitrogens is 1. The number of hydrogen-bond acceptors (Lipinski definition) is 6. The van der Waals surface area contributed by atoms with E-state index < -0.39 is 17.7 Å². The van der Waals surface area contributed by atoms with E-state index >= 15 is 0 Å². The van der Waals surface area contributed by atoms with Crippen molar-refractivity contribution in [2.75, 3.05) is 11.9 Å². The zero-order valence-corrected chi connectivity index (χ0v) is 22.0. The van der Waals surface area contributed by atoms with Gasteiger partial charge < -0.3 is 10.3 Å². The number of H-pyrrole nitrogens is 1. The van der Waals surface area contributed by atoms with Gasteiger partial charge in [0.15, 0.2) is 0 Å². The van der Waals surface area contributed by atoms with Gasteiger partial charge in [-0.15, -0.1) is 11.8 Å². The summed E-state index contributed by atoms with van der Waals surface area (Å²) in [4.78, 5) is 57.2. The van der Waals surface area contributed by atoms with Crippen molar-refractivity contribution in [1.82, 2.24) is 9.88 Å². The summed E-state index contributed by atoms with van der Waals surface area (Å²) < 4.78 is 13.8. The lowest BCUT2D eigenvalue weighted by molar-refractivity contribution is -0.143. The number of nitrogens with one attached hydrogen (secondary N) is 2. The van der Waals surface area contributed by atoms with Gasteiger partial charge in [0.05, 0.1) is 16.9 Å². The molecular weight excluding hydrogens is 525 g/mol. The molecule has 194 valence electrons. The van der Waals surface area contributed by atoms with Crippen molar-refractivity contribution in [1.29, 1.82) is 0 Å². The van der Waals surface area contributed by atoms with Crippen LogP contribution >= 0.6 is 23.1 Å². The van der Waals surface area contributed by atoms with Crippen LogP contribution in [0.25, 0.3) is 0 Å². The number of anilines is 1. The summed E-state index contributed by atoms with van der Waals surface area (Å²) in [5.74, 6) is -2.40. The molecule has 0 unspecified atom stereocenters. The molecular formula is C28H24FN3O4S2. The molecule has 3 fully saturated rings. The number of fused-ring (bicyclic) bond motifs is 9. The maximum absolute atomic E-state index is 13.8. The summed E-state index contributed by atoms with van der Waals surface area (Å²) in [5, 5.41) is 3.66. The van der Waals surface area contributed by atoms with E-state index in [0.29, 0.717) is 5.69 Å². The SMILES string of the molecule is Cc1cccc(NC(=O)CN2C(=O)[C@@H]3[C@H]4C[C@@H]([C@H]3C2=O)[C@H]2[C@@H](c3ccc(F)cc3)c3sc(=O)[nH]c3S[C@H]42)c1. The van der Waals surface area contributed by atoms with Gasteiger partial charge in [-0.25, -0.2) is 4.39 Å². The Kier molecular flexibility index (Phi) is 5.42. The molecule has 7 nitrogen and oxygen atoms in total. The Morgan fingerprint density at radius 1 is 1.08 bits per heavy atom. The normalized spacial score (nSPS) is 30.8. The minimum atomic E-state index is -0.471. The Balaban J connectivity index is 1.19. The Morgan fingerprint density at radius 3 is 2.55 bits per heavy atom. The summed E-state index contributed by atoms with van der Waals surface area (Å²) in [6, 6.07) is 13.7. The molecule has 1 saturated heterocycles. The molecule has 7 atom stereocenters. The number of thioether (sulfide) groups is 1. The van der Waals surface area contributed by atoms with E-state index in [9.17, 15) is 23.6 Å². The lowest BCUT2D eigenvalue weighted by Gasteiger charge is -2.43. The molecule has 2 aromatic carbocycles. The smallest absolute Gasteiger partial charge is 0.305 e. The number of benzene rings is 2. The summed E-state index contributed by atoms with van der Waals surface area (Å²) >= 11 is 2.77. The quantitative estimate of drug-likeness (QED) is 0.480. The van der Waals surface area contributed by atoms with Crippen molar-refractivity contribution < 1.29 is 18.8 Å². The second kappa shape index (κ2) is 8.64. The van der Waals surface area contributed by atoms with Crippen LogP contribution in [0, 0.1) is 42.3 Å². The highest BCUT2D eigenvalue weighted by Crippen LogP contribution is 2.68. The predicted molar refractivity (Wildman–Crippen MR) is 141 cm³/mol. The van der Waals surface area contributed by atoms with Gasteiger partial charge in [0, 0.05) is 21.7 Å². The Hall–Kier alpha value is -3.24. The van der Waals surface area contributed by atoms with Crippen molar-refractivity contribution in [2.45, 2.75) is 29.5 Å². The van der Waals surface area contributed by atoms with Crippen LogP contribution in [0.15, 0.2) is 58.4 Å². The summed E-state index contributed by atoms with van der Waals surface area (Å²) in [5.41, 5.74) is 2.53. The van der Waals surface area contributed by atoms with Crippen LogP contribution in [0.3, 0.4) is 0 Å². The first-order valence-electron chi connectivity index (χ1n) is 12.7. The second-order valence-electron chi connectivity index (χ2n) is 10.7. The number of likely N-dealkylation sites (tertiary alicyclic amines) is 1. The van der Waals surface area contributed by atoms with Crippen LogP contribution < -0.4 is 10.2 Å². The standard InChI is InChI=1S/C28H24FN3O4S2/c1-12-3-2-4-15(9-12)30-18(33)11-32-26(34)21-16-10-17(22(21)27(32)35)23-20(16)19(13-5-7-14(29)8-6-13)24-25(37-23)31-28(36)38-24/h2-9,16-17,19-23H,10-11H2,1H3,(H,30,33)(H,31,36)/t16-,17-,19-,20+,21-,22-,23-/m1/s1. The number of amides is 3. The van der Waals surface area contributed by atoms with Gasteiger partial charge in [0.1, 0.15) is 12.4 Å². The summed E-state index contributed by atoms with van der Waals surface area (Å²) in [6.45, 7) is 1.62. The first-order chi connectivity index (χ1) is 18.3. The number of aromatic amines is 1. The number of nitrogens with zero attached hydrogens (tertiary/aromatic N) is 1. The fraction of sp³-hybridized carbons (Fsp3) is 0.357. The molecule has 2 aliphatic carbocycles. The predicted octanol–water partition coefficient (Wildman–Crippen LogP) is 4.00. The molecule has 2 bridgehead atoms. The molecule has 1 aromatic heterocycles. The first kappa shape index (κ1) is 23.8. The number of aryl methyl sites for hydroxylation is 1. The van der Waals surface area contributed by atoms with E-state index in [0.717, 1.165) is 32.4 Å². The topological polar surface area (TPSA) is 99.3 Å². The van der Waals surface area contributed by atoms with Gasteiger partial charge in [0.25, 0.3) is 0 Å². The van der Waals surface area contributed by atoms with Gasteiger partial charge in [0.2, 0.25) is 17.7 Å². The van der Waals surface area contributed by atoms with Crippen molar-refractivity contribution in [3.05, 3.63) is 80.0 Å². The lowest BCUT2D eigenvalue weighted by atomic mass is 9.68. The first-order valence-corrected chi connectivity index (χ1v) is 14.4. The van der Waals surface area contributed by atoms with Crippen molar-refractivity contribution >= 4 is 46.5 Å². The zero-order chi connectivity index (χ0) is 26.3. The molecule has 4 aliphatic rings. The molecule has 3 aromatic rings. The van der Waals surface area contributed by atoms with Crippen LogP contribution in [0.4, 0.5) is 10.1 Å². The molecule has 0 spiro atoms. The highest BCUT2D eigenvalue weighted by molar-refractivity contribution is 8.00. The third-order valence-electron chi connectivity index (χ3n) is 8.65. The van der Waals surface area contributed by atoms with Crippen LogP contribution in [-0.2, 0) is 14.4 Å². The molecule has 2 N–H and O–H groups in total. The summed E-state index contributed by atoms with van der Waals surface area (Å²) in [6.07, 6.45) is 0.759. The molecule has 0 radical (unpaired) electrons. The van der Waals surface area contributed by atoms with Gasteiger partial charge in [-0.1, -0.05) is 35.6 Å². The number of hydrogen-bond donors (Lipinski definition) is 2. The number of carbonyl (C=O) groups excluding carboxylic acids is 3. The van der Waals surface area contributed by atoms with Crippen LogP contribution in [0.2, 0.25) is 0 Å². The van der Waals surface area contributed by atoms with Gasteiger partial charge in [-0.3, -0.25) is 24.1 Å². The monoisotopic (exact) mass is 549 g/mol. The average Bonchev–Trinajstić information content (AvgIpc) is 3.60. The Labute approximate surface area is 225 Å². The Bertz CT molecular complexity index is 1550. The van der Waals surface area contributed by atoms with E-state index in [4.69, 9.17) is 0 Å². The number of rotatable bonds is 4. The van der Waals surface area contributed by atoms with E-state index in [2.05, 4.69) is 10.3 Å². The van der Waals surface area contributed by atoms with E-state index in [1.54, 1.807) is 30.0 Å². The van der Waals surface area contributed by atoms with E-state index in [1.807, 2.05) is 25.1 Å². The minimum absolute atomic E-state index is 0.0271. The number of carbonyl (C=O) groups is 3. The molecule has 2 saturated carbocycles. The molecule has 3 heterocycles. The van der Waals surface area contributed by atoms with Gasteiger partial charge in [-0.05, 0) is 66.5 Å². The third-order valence-corrected chi connectivity index (χ3v) is 11.2. The molecule has 2 aliphatic heterocycles. The van der Waals surface area contributed by atoms with Crippen LogP contribution in [-0.4, -0.2) is 39.4 Å². The zero-order valence-electron chi connectivity index (χ0n) is 20.3. The van der Waals surface area contributed by atoms with Gasteiger partial charge >= 0.3 is 4.87 Å². The second-order valence-corrected chi connectivity index (χ2v) is 12.9. The maximum atomic E-state index is 13.8. The average molecular weight is 550 g/mol. The molecule has 10 heteroatoms. The van der Waals surface area contributed by atoms with Crippen molar-refractivity contribution in [3.63, 3.8) is 0 Å². The minimum Gasteiger partial charge on any atom is -0.325 e. The highest BCUT2D eigenvalue weighted by Gasteiger charge is 2.69. The molecule has 38 heavy (non-hydrogen) atoms. The Morgan fingerprint density at radius 2 is 1.82 bits per heavy atom. The largest absolute Gasteiger partial charge is 0.325 e. The lowest BCUT2D eigenvalue weighted by Crippen LogP contribution is -2.42. The van der Waals surface area contributed by atoms with E-state index in [1.165, 1.54) is 23.5 Å². The van der Waals surface area contributed by atoms with Crippen LogP contribution in [0.1, 0.15) is 28.3 Å². The maximum Gasteiger partial charge on any atom is 0.305 e. The fourth-order valence-corrected chi connectivity index (χ4v) is 10.2. The number of thiazole rings is 1. The van der Waals surface area contributed by atoms with Crippen molar-refractivity contribution in [3.8, 4) is 0 Å². The third kappa shape index (κ3) is 3.53.